The number of aromatic nitrogens is 2. The van der Waals surface area contributed by atoms with Gasteiger partial charge in [-0.3, -0.25) is 9.69 Å². The fourth-order valence-corrected chi connectivity index (χ4v) is 3.98. The van der Waals surface area contributed by atoms with Gasteiger partial charge in [0.25, 0.3) is 0 Å². The number of piperidine rings is 1. The number of piperazine rings is 1. The molecule has 0 aromatic carbocycles. The molecule has 7 nitrogen and oxygen atoms in total. The van der Waals surface area contributed by atoms with E-state index < -0.39 is 0 Å². The molecular weight excluding hydrogens is 318 g/mol. The topological polar surface area (TPSA) is 74.5 Å². The summed E-state index contributed by atoms with van der Waals surface area (Å²) in [4.78, 5) is 21.3. The molecular formula is C18H31N5O2. The Balaban J connectivity index is 1.45. The average molecular weight is 349 g/mol. The van der Waals surface area contributed by atoms with Crippen molar-refractivity contribution in [2.24, 2.45) is 11.8 Å². The number of aryl methyl sites for hydroxylation is 1. The zero-order valence-electron chi connectivity index (χ0n) is 15.7. The minimum atomic E-state index is 0.104. The van der Waals surface area contributed by atoms with E-state index in [2.05, 4.69) is 34.2 Å². The Morgan fingerprint density at radius 3 is 2.52 bits per heavy atom. The second-order valence-corrected chi connectivity index (χ2v) is 7.54. The summed E-state index contributed by atoms with van der Waals surface area (Å²) in [5.74, 6) is 2.81. The summed E-state index contributed by atoms with van der Waals surface area (Å²) in [5.41, 5.74) is 0. The largest absolute Gasteiger partial charge is 0.340 e. The van der Waals surface area contributed by atoms with Gasteiger partial charge in [-0.1, -0.05) is 12.1 Å². The lowest BCUT2D eigenvalue weighted by atomic mass is 9.84. The van der Waals surface area contributed by atoms with Gasteiger partial charge in [-0.2, -0.15) is 4.98 Å². The van der Waals surface area contributed by atoms with Crippen LogP contribution in [0.3, 0.4) is 0 Å². The smallest absolute Gasteiger partial charge is 0.243 e. The molecule has 1 N–H and O–H groups in total. The van der Waals surface area contributed by atoms with E-state index in [1.165, 1.54) is 12.8 Å². The van der Waals surface area contributed by atoms with Crippen molar-refractivity contribution >= 4 is 5.91 Å². The molecule has 0 bridgehead atoms. The van der Waals surface area contributed by atoms with E-state index in [1.807, 2.05) is 11.8 Å². The van der Waals surface area contributed by atoms with Crippen molar-refractivity contribution in [3.05, 3.63) is 11.7 Å². The first kappa shape index (κ1) is 18.3. The van der Waals surface area contributed by atoms with Crippen LogP contribution < -0.4 is 5.32 Å². The molecule has 2 atom stereocenters. The lowest BCUT2D eigenvalue weighted by Crippen LogP contribution is -2.49. The molecule has 7 heteroatoms. The average Bonchev–Trinajstić information content (AvgIpc) is 3.08. The number of carbonyl (C=O) groups is 1. The highest BCUT2D eigenvalue weighted by molar-refractivity contribution is 5.76. The van der Waals surface area contributed by atoms with Crippen molar-refractivity contribution in [2.45, 2.75) is 46.1 Å². The molecule has 2 saturated heterocycles. The van der Waals surface area contributed by atoms with Gasteiger partial charge in [0, 0.05) is 32.6 Å². The maximum atomic E-state index is 12.7. The molecule has 0 spiro atoms. The number of nitrogens with one attached hydrogen (secondary N) is 1. The lowest BCUT2D eigenvalue weighted by molar-refractivity contribution is -0.134. The SMILES string of the molecule is Cc1noc(C(C)N2CCN(C(=O)CC(C)C3CCNCC3)CC2)n1. The molecule has 0 radical (unpaired) electrons. The van der Waals surface area contributed by atoms with Crippen molar-refractivity contribution < 1.29 is 9.32 Å². The first-order chi connectivity index (χ1) is 12.0. The molecule has 1 aromatic heterocycles. The lowest BCUT2D eigenvalue weighted by Gasteiger charge is -2.37. The maximum absolute atomic E-state index is 12.7. The third-order valence-corrected chi connectivity index (χ3v) is 5.80. The first-order valence-corrected chi connectivity index (χ1v) is 9.57. The van der Waals surface area contributed by atoms with Gasteiger partial charge in [-0.05, 0) is 51.6 Å². The van der Waals surface area contributed by atoms with Crippen molar-refractivity contribution in [3.8, 4) is 0 Å². The highest BCUT2D eigenvalue weighted by atomic mass is 16.5. The Hall–Kier alpha value is -1.47. The fourth-order valence-electron chi connectivity index (χ4n) is 3.98. The van der Waals surface area contributed by atoms with Crippen molar-refractivity contribution in [1.29, 1.82) is 0 Å². The molecule has 2 unspecified atom stereocenters. The van der Waals surface area contributed by atoms with Crippen molar-refractivity contribution in [2.75, 3.05) is 39.3 Å². The summed E-state index contributed by atoms with van der Waals surface area (Å²) < 4.78 is 5.28. The second-order valence-electron chi connectivity index (χ2n) is 7.54. The number of amides is 1. The molecule has 3 heterocycles. The van der Waals surface area contributed by atoms with Crippen LogP contribution >= 0.6 is 0 Å². The molecule has 1 aromatic rings. The molecule has 3 rings (SSSR count). The number of hydrogen-bond acceptors (Lipinski definition) is 6. The van der Waals surface area contributed by atoms with E-state index in [1.54, 1.807) is 0 Å². The third kappa shape index (κ3) is 4.58. The molecule has 2 aliphatic heterocycles. The van der Waals surface area contributed by atoms with E-state index >= 15 is 0 Å². The van der Waals surface area contributed by atoms with Gasteiger partial charge in [-0.15, -0.1) is 0 Å². The Kier molecular flexibility index (Phi) is 6.06. The minimum Gasteiger partial charge on any atom is -0.340 e. The van der Waals surface area contributed by atoms with Crippen LogP contribution in [0.2, 0.25) is 0 Å². The predicted octanol–water partition coefficient (Wildman–Crippen LogP) is 1.61. The summed E-state index contributed by atoms with van der Waals surface area (Å²) in [5, 5.41) is 7.27. The predicted molar refractivity (Wildman–Crippen MR) is 95.0 cm³/mol. The summed E-state index contributed by atoms with van der Waals surface area (Å²) in [6, 6.07) is 0.104. The molecule has 25 heavy (non-hydrogen) atoms. The van der Waals surface area contributed by atoms with Crippen molar-refractivity contribution in [3.63, 3.8) is 0 Å². The van der Waals surface area contributed by atoms with E-state index in [9.17, 15) is 4.79 Å². The highest BCUT2D eigenvalue weighted by Gasteiger charge is 2.29. The maximum Gasteiger partial charge on any atom is 0.243 e. The van der Waals surface area contributed by atoms with Crippen LogP contribution in [0.5, 0.6) is 0 Å². The molecule has 2 fully saturated rings. The van der Waals surface area contributed by atoms with Gasteiger partial charge in [-0.25, -0.2) is 0 Å². The number of carbonyl (C=O) groups excluding carboxylic acids is 1. The van der Waals surface area contributed by atoms with Crippen LogP contribution in [0.4, 0.5) is 0 Å². The van der Waals surface area contributed by atoms with Gasteiger partial charge in [0.1, 0.15) is 0 Å². The number of nitrogens with zero attached hydrogens (tertiary/aromatic N) is 4. The van der Waals surface area contributed by atoms with E-state index in [0.717, 1.165) is 39.3 Å². The molecule has 0 saturated carbocycles. The van der Waals surface area contributed by atoms with Crippen LogP contribution in [-0.4, -0.2) is 65.1 Å². The Bertz CT molecular complexity index is 562. The Morgan fingerprint density at radius 2 is 1.92 bits per heavy atom. The molecule has 0 aliphatic carbocycles. The first-order valence-electron chi connectivity index (χ1n) is 9.57. The van der Waals surface area contributed by atoms with Crippen LogP contribution in [0.15, 0.2) is 4.52 Å². The standard InChI is InChI=1S/C18H31N5O2/c1-13(16-4-6-19-7-5-16)12-17(24)23-10-8-22(9-11-23)14(2)18-20-15(3)21-25-18/h13-14,16,19H,4-12H2,1-3H3. The van der Waals surface area contributed by atoms with Crippen LogP contribution in [-0.2, 0) is 4.79 Å². The van der Waals surface area contributed by atoms with Crippen LogP contribution in [0, 0.1) is 18.8 Å². The van der Waals surface area contributed by atoms with Gasteiger partial charge >= 0.3 is 0 Å². The second kappa shape index (κ2) is 8.27. The minimum absolute atomic E-state index is 0.104. The zero-order valence-corrected chi connectivity index (χ0v) is 15.7. The van der Waals surface area contributed by atoms with E-state index in [-0.39, 0.29) is 6.04 Å². The quantitative estimate of drug-likeness (QED) is 0.870. The van der Waals surface area contributed by atoms with Crippen LogP contribution in [0.25, 0.3) is 0 Å². The van der Waals surface area contributed by atoms with E-state index in [4.69, 9.17) is 4.52 Å². The zero-order chi connectivity index (χ0) is 17.8. The molecule has 140 valence electrons. The van der Waals surface area contributed by atoms with Crippen LogP contribution in [0.1, 0.15) is 50.9 Å². The van der Waals surface area contributed by atoms with Gasteiger partial charge < -0.3 is 14.7 Å². The number of rotatable bonds is 5. The van der Waals surface area contributed by atoms with Gasteiger partial charge in [0.05, 0.1) is 6.04 Å². The van der Waals surface area contributed by atoms with Gasteiger partial charge in [0.15, 0.2) is 5.82 Å². The van der Waals surface area contributed by atoms with Gasteiger partial charge in [0.2, 0.25) is 11.8 Å². The Morgan fingerprint density at radius 1 is 1.24 bits per heavy atom. The monoisotopic (exact) mass is 349 g/mol. The van der Waals surface area contributed by atoms with E-state index in [0.29, 0.717) is 35.9 Å². The summed E-state index contributed by atoms with van der Waals surface area (Å²) >= 11 is 0. The Labute approximate surface area is 150 Å². The summed E-state index contributed by atoms with van der Waals surface area (Å²) in [6.07, 6.45) is 3.08. The number of hydrogen-bond donors (Lipinski definition) is 1. The third-order valence-electron chi connectivity index (χ3n) is 5.80. The summed E-state index contributed by atoms with van der Waals surface area (Å²) in [7, 11) is 0. The molecule has 2 aliphatic rings. The molecule has 1 amide bonds. The highest BCUT2D eigenvalue weighted by Crippen LogP contribution is 2.26. The summed E-state index contributed by atoms with van der Waals surface area (Å²) in [6.45, 7) is 11.6. The normalized spacial score (nSPS) is 22.8. The van der Waals surface area contributed by atoms with Crippen molar-refractivity contribution in [1.82, 2.24) is 25.3 Å². The fraction of sp³-hybridized carbons (Fsp3) is 0.833.